The highest BCUT2D eigenvalue weighted by Gasteiger charge is 2.21. The van der Waals surface area contributed by atoms with Crippen molar-refractivity contribution >= 4 is 27.2 Å². The van der Waals surface area contributed by atoms with Gasteiger partial charge >= 0.3 is 0 Å². The number of nitrogens with two attached hydrogens (primary N) is 1. The molecule has 0 saturated carbocycles. The molecular formula is C13H16N4O2S2. The van der Waals surface area contributed by atoms with Gasteiger partial charge < -0.3 is 10.7 Å². The van der Waals surface area contributed by atoms with E-state index in [2.05, 4.69) is 14.7 Å². The second-order valence-electron chi connectivity index (χ2n) is 4.45. The zero-order valence-corrected chi connectivity index (χ0v) is 13.0. The molecule has 2 rings (SSSR count). The van der Waals surface area contributed by atoms with Gasteiger partial charge in [0, 0.05) is 18.0 Å². The second kappa shape index (κ2) is 6.33. The van der Waals surface area contributed by atoms with Crippen LogP contribution >= 0.6 is 12.2 Å². The number of hydrogen-bond acceptors (Lipinski definition) is 4. The SMILES string of the molecule is CCC(NS(=O)(=O)c1ccc(C(N)=S)cc1)c1ncc[nH]1. The molecule has 0 aliphatic carbocycles. The van der Waals surface area contributed by atoms with E-state index in [1.165, 1.54) is 12.1 Å². The third-order valence-electron chi connectivity index (χ3n) is 3.00. The Bertz CT molecular complexity index is 709. The molecule has 0 saturated heterocycles. The molecule has 21 heavy (non-hydrogen) atoms. The van der Waals surface area contributed by atoms with E-state index in [9.17, 15) is 8.42 Å². The summed E-state index contributed by atoms with van der Waals surface area (Å²) in [6.07, 6.45) is 3.82. The minimum atomic E-state index is -3.63. The lowest BCUT2D eigenvalue weighted by Gasteiger charge is -2.15. The number of benzene rings is 1. The molecule has 2 aromatic rings. The minimum Gasteiger partial charge on any atom is -0.389 e. The summed E-state index contributed by atoms with van der Waals surface area (Å²) in [7, 11) is -3.63. The van der Waals surface area contributed by atoms with Crippen LogP contribution in [0.25, 0.3) is 0 Å². The number of H-pyrrole nitrogens is 1. The number of rotatable bonds is 6. The molecule has 1 heterocycles. The van der Waals surface area contributed by atoms with Crippen LogP contribution in [-0.4, -0.2) is 23.4 Å². The zero-order valence-electron chi connectivity index (χ0n) is 11.4. The van der Waals surface area contributed by atoms with Gasteiger partial charge in [0.05, 0.1) is 10.9 Å². The first kappa shape index (κ1) is 15.6. The van der Waals surface area contributed by atoms with Crippen LogP contribution in [0.15, 0.2) is 41.6 Å². The van der Waals surface area contributed by atoms with Crippen molar-refractivity contribution in [2.24, 2.45) is 5.73 Å². The summed E-state index contributed by atoms with van der Waals surface area (Å²) >= 11 is 4.84. The van der Waals surface area contributed by atoms with Crippen molar-refractivity contribution < 1.29 is 8.42 Å². The van der Waals surface area contributed by atoms with Gasteiger partial charge in [0.2, 0.25) is 10.0 Å². The standard InChI is InChI=1S/C13H16N4O2S2/c1-2-11(13-15-7-8-16-13)17-21(18,19)10-5-3-9(4-6-10)12(14)20/h3-8,11,17H,2H2,1H3,(H2,14,20)(H,15,16). The third-order valence-corrected chi connectivity index (χ3v) is 4.73. The monoisotopic (exact) mass is 324 g/mol. The van der Waals surface area contributed by atoms with Crippen LogP contribution in [0.3, 0.4) is 0 Å². The summed E-state index contributed by atoms with van der Waals surface area (Å²) in [5.74, 6) is 0.584. The average Bonchev–Trinajstić information content (AvgIpc) is 2.99. The molecule has 0 spiro atoms. The summed E-state index contributed by atoms with van der Waals surface area (Å²) in [5.41, 5.74) is 6.12. The van der Waals surface area contributed by atoms with Gasteiger partial charge in [-0.15, -0.1) is 0 Å². The molecule has 6 nitrogen and oxygen atoms in total. The minimum absolute atomic E-state index is 0.160. The van der Waals surface area contributed by atoms with Crippen molar-refractivity contribution in [2.75, 3.05) is 0 Å². The van der Waals surface area contributed by atoms with Crippen LogP contribution in [0.2, 0.25) is 0 Å². The van der Waals surface area contributed by atoms with Crippen LogP contribution in [0.1, 0.15) is 30.8 Å². The summed E-state index contributed by atoms with van der Waals surface area (Å²) < 4.78 is 27.3. The van der Waals surface area contributed by atoms with E-state index in [1.807, 2.05) is 6.92 Å². The van der Waals surface area contributed by atoms with Crippen molar-refractivity contribution in [1.29, 1.82) is 0 Å². The Labute approximate surface area is 128 Å². The van der Waals surface area contributed by atoms with E-state index in [0.29, 0.717) is 17.8 Å². The lowest BCUT2D eigenvalue weighted by atomic mass is 10.2. The van der Waals surface area contributed by atoms with E-state index in [4.69, 9.17) is 18.0 Å². The third kappa shape index (κ3) is 3.66. The molecule has 1 aromatic heterocycles. The van der Waals surface area contributed by atoms with E-state index in [1.54, 1.807) is 24.5 Å². The average molecular weight is 324 g/mol. The van der Waals surface area contributed by atoms with Crippen LogP contribution < -0.4 is 10.5 Å². The molecule has 1 unspecified atom stereocenters. The number of aromatic nitrogens is 2. The highest BCUT2D eigenvalue weighted by atomic mass is 32.2. The number of nitrogens with zero attached hydrogens (tertiary/aromatic N) is 1. The summed E-state index contributed by atoms with van der Waals surface area (Å²) in [5, 5.41) is 0. The molecule has 0 bridgehead atoms. The lowest BCUT2D eigenvalue weighted by Crippen LogP contribution is -2.29. The van der Waals surface area contributed by atoms with Crippen molar-refractivity contribution in [1.82, 2.24) is 14.7 Å². The Balaban J connectivity index is 2.23. The number of hydrogen-bond donors (Lipinski definition) is 3. The maximum atomic E-state index is 12.4. The highest BCUT2D eigenvalue weighted by molar-refractivity contribution is 7.89. The fourth-order valence-corrected chi connectivity index (χ4v) is 3.27. The molecule has 8 heteroatoms. The molecule has 0 amide bonds. The Morgan fingerprint density at radius 1 is 1.43 bits per heavy atom. The quantitative estimate of drug-likeness (QED) is 0.699. The molecule has 4 N–H and O–H groups in total. The molecular weight excluding hydrogens is 308 g/mol. The predicted octanol–water partition coefficient (Wildman–Crippen LogP) is 1.47. The van der Waals surface area contributed by atoms with Crippen LogP contribution in [0.4, 0.5) is 0 Å². The first-order chi connectivity index (χ1) is 9.94. The molecule has 1 aromatic carbocycles. The van der Waals surface area contributed by atoms with E-state index >= 15 is 0 Å². The van der Waals surface area contributed by atoms with Crippen LogP contribution in [-0.2, 0) is 10.0 Å². The number of imidazole rings is 1. The van der Waals surface area contributed by atoms with Gasteiger partial charge in [-0.3, -0.25) is 0 Å². The van der Waals surface area contributed by atoms with Crippen molar-refractivity contribution in [3.63, 3.8) is 0 Å². The maximum absolute atomic E-state index is 12.4. The summed E-state index contributed by atoms with van der Waals surface area (Å²) in [4.78, 5) is 7.39. The van der Waals surface area contributed by atoms with Gasteiger partial charge in [-0.25, -0.2) is 18.1 Å². The first-order valence-electron chi connectivity index (χ1n) is 6.35. The molecule has 0 aliphatic heterocycles. The molecule has 0 fully saturated rings. The summed E-state index contributed by atoms with van der Waals surface area (Å²) in [6, 6.07) is 5.73. The van der Waals surface area contributed by atoms with Crippen molar-refractivity contribution in [2.45, 2.75) is 24.3 Å². The van der Waals surface area contributed by atoms with E-state index in [0.717, 1.165) is 0 Å². The number of nitrogens with one attached hydrogen (secondary N) is 2. The number of aromatic amines is 1. The summed E-state index contributed by atoms with van der Waals surface area (Å²) in [6.45, 7) is 1.88. The Kier molecular flexibility index (Phi) is 4.71. The van der Waals surface area contributed by atoms with Gasteiger partial charge in [-0.1, -0.05) is 31.3 Å². The highest BCUT2D eigenvalue weighted by Crippen LogP contribution is 2.17. The fraction of sp³-hybridized carbons (Fsp3) is 0.231. The van der Waals surface area contributed by atoms with Gasteiger partial charge in [-0.2, -0.15) is 0 Å². The smallest absolute Gasteiger partial charge is 0.241 e. The van der Waals surface area contributed by atoms with Gasteiger partial charge in [0.15, 0.2) is 0 Å². The number of thiocarbonyl (C=S) groups is 1. The predicted molar refractivity (Wildman–Crippen MR) is 84.3 cm³/mol. The molecule has 0 aliphatic rings. The normalized spacial score (nSPS) is 13.0. The van der Waals surface area contributed by atoms with Gasteiger partial charge in [0.25, 0.3) is 0 Å². The van der Waals surface area contributed by atoms with E-state index in [-0.39, 0.29) is 9.88 Å². The van der Waals surface area contributed by atoms with Crippen LogP contribution in [0, 0.1) is 0 Å². The lowest BCUT2D eigenvalue weighted by molar-refractivity contribution is 0.539. The largest absolute Gasteiger partial charge is 0.389 e. The van der Waals surface area contributed by atoms with Crippen molar-refractivity contribution in [3.05, 3.63) is 48.0 Å². The van der Waals surface area contributed by atoms with Gasteiger partial charge in [-0.05, 0) is 18.6 Å². The molecule has 0 radical (unpaired) electrons. The topological polar surface area (TPSA) is 101 Å². The molecule has 1 atom stereocenters. The van der Waals surface area contributed by atoms with Crippen LogP contribution in [0.5, 0.6) is 0 Å². The Morgan fingerprint density at radius 3 is 2.57 bits per heavy atom. The van der Waals surface area contributed by atoms with Gasteiger partial charge in [0.1, 0.15) is 10.8 Å². The first-order valence-corrected chi connectivity index (χ1v) is 8.24. The number of sulfonamides is 1. The molecule has 112 valence electrons. The maximum Gasteiger partial charge on any atom is 0.241 e. The fourth-order valence-electron chi connectivity index (χ4n) is 1.85. The van der Waals surface area contributed by atoms with Crippen molar-refractivity contribution in [3.8, 4) is 0 Å². The second-order valence-corrected chi connectivity index (χ2v) is 6.60. The van der Waals surface area contributed by atoms with E-state index < -0.39 is 16.1 Å². The Morgan fingerprint density at radius 2 is 2.10 bits per heavy atom. The Hall–Kier alpha value is -1.77. The zero-order chi connectivity index (χ0) is 15.5.